The second-order valence-corrected chi connectivity index (χ2v) is 9.54. The van der Waals surface area contributed by atoms with Gasteiger partial charge >= 0.3 is 5.69 Å². The summed E-state index contributed by atoms with van der Waals surface area (Å²) in [6.07, 6.45) is -0.865. The summed E-state index contributed by atoms with van der Waals surface area (Å²) in [5, 5.41) is 0. The molecule has 182 valence electrons. The number of hydrogen-bond acceptors (Lipinski definition) is 7. The number of aromatic amines is 1. The summed E-state index contributed by atoms with van der Waals surface area (Å²) in [5.41, 5.74) is 1.17. The second-order valence-electron chi connectivity index (χ2n) is 9.54. The molecule has 0 radical (unpaired) electrons. The topological polar surface area (TPSA) is 89.0 Å². The Balaban J connectivity index is 1.44. The van der Waals surface area contributed by atoms with Gasteiger partial charge in [-0.15, -0.1) is 0 Å². The molecule has 0 bridgehead atoms. The van der Waals surface area contributed by atoms with Crippen molar-refractivity contribution in [2.45, 2.75) is 50.3 Å². The van der Waals surface area contributed by atoms with Crippen molar-refractivity contribution in [2.24, 2.45) is 0 Å². The molecular weight excluding hydrogens is 448 g/mol. The molecule has 0 aliphatic carbocycles. The first kappa shape index (κ1) is 22.1. The molecule has 3 aliphatic heterocycles. The zero-order valence-electron chi connectivity index (χ0n) is 19.6. The first-order chi connectivity index (χ1) is 16.9. The smallest absolute Gasteiger partial charge is 0.330 e. The molecule has 9 heteroatoms. The molecule has 4 heterocycles. The Labute approximate surface area is 202 Å². The number of hydrogen-bond donors (Lipinski definition) is 1. The fraction of sp³-hybridized carbons (Fsp3) is 0.385. The van der Waals surface area contributed by atoms with Crippen LogP contribution in [0.4, 0.5) is 11.4 Å². The molecule has 0 spiro atoms. The van der Waals surface area contributed by atoms with E-state index in [9.17, 15) is 9.59 Å². The summed E-state index contributed by atoms with van der Waals surface area (Å²) in [4.78, 5) is 31.3. The quantitative estimate of drug-likeness (QED) is 0.618. The van der Waals surface area contributed by atoms with Crippen molar-refractivity contribution in [2.75, 3.05) is 22.9 Å². The van der Waals surface area contributed by atoms with Gasteiger partial charge < -0.3 is 24.0 Å². The normalized spacial score (nSPS) is 27.9. The Hall–Kier alpha value is -3.40. The largest absolute Gasteiger partial charge is 0.347 e. The molecule has 0 amide bonds. The van der Waals surface area contributed by atoms with E-state index in [0.717, 1.165) is 24.5 Å². The number of anilines is 2. The maximum atomic E-state index is 12.7. The van der Waals surface area contributed by atoms with E-state index in [4.69, 9.17) is 14.2 Å². The molecular formula is C26H28N4O5. The standard InChI is InChI=1S/C26H28N4O5/c1-26(2)34-20-21(33-24(22(20)35-26)30-14-13-19(31)27-25(30)32)23-28(17-9-5-3-6-10-17)15-16-29(23)18-11-7-4-8-12-18/h3-14,20-24H,15-16H2,1-2H3,(H,27,31,32)/t20-,21-,22+,24+/m0/s1. The lowest BCUT2D eigenvalue weighted by atomic mass is 10.1. The maximum absolute atomic E-state index is 12.7. The van der Waals surface area contributed by atoms with Crippen molar-refractivity contribution in [1.82, 2.24) is 9.55 Å². The van der Waals surface area contributed by atoms with E-state index in [1.54, 1.807) is 0 Å². The van der Waals surface area contributed by atoms with Crippen LogP contribution < -0.4 is 21.0 Å². The third-order valence-electron chi connectivity index (χ3n) is 6.88. The van der Waals surface area contributed by atoms with Crippen LogP contribution in [0.25, 0.3) is 0 Å². The fourth-order valence-electron chi connectivity index (χ4n) is 5.50. The van der Waals surface area contributed by atoms with Gasteiger partial charge in [0.25, 0.3) is 5.56 Å². The van der Waals surface area contributed by atoms with Crippen LogP contribution in [0.5, 0.6) is 0 Å². The van der Waals surface area contributed by atoms with Gasteiger partial charge in [-0.3, -0.25) is 14.3 Å². The van der Waals surface area contributed by atoms with Gasteiger partial charge in [0.1, 0.15) is 24.5 Å². The number of nitrogens with zero attached hydrogens (tertiary/aromatic N) is 3. The Morgan fingerprint density at radius 1 is 0.800 bits per heavy atom. The molecule has 0 saturated carbocycles. The average Bonchev–Trinajstić information content (AvgIpc) is 3.51. The summed E-state index contributed by atoms with van der Waals surface area (Å²) in [6.45, 7) is 5.34. The summed E-state index contributed by atoms with van der Waals surface area (Å²) in [6, 6.07) is 21.8. The van der Waals surface area contributed by atoms with Gasteiger partial charge in [-0.05, 0) is 38.1 Å². The van der Waals surface area contributed by atoms with Crippen molar-refractivity contribution in [3.8, 4) is 0 Å². The molecule has 6 rings (SSSR count). The van der Waals surface area contributed by atoms with Gasteiger partial charge in [0, 0.05) is 36.7 Å². The molecule has 3 saturated heterocycles. The Bertz CT molecular complexity index is 1260. The van der Waals surface area contributed by atoms with E-state index in [-0.39, 0.29) is 6.17 Å². The van der Waals surface area contributed by atoms with E-state index >= 15 is 0 Å². The molecule has 3 fully saturated rings. The minimum atomic E-state index is -0.838. The van der Waals surface area contributed by atoms with Crippen molar-refractivity contribution in [1.29, 1.82) is 0 Å². The van der Waals surface area contributed by atoms with Crippen LogP contribution in [0, 0.1) is 0 Å². The molecule has 3 aromatic rings. The van der Waals surface area contributed by atoms with Crippen LogP contribution >= 0.6 is 0 Å². The molecule has 4 atom stereocenters. The number of benzene rings is 2. The second kappa shape index (κ2) is 8.37. The van der Waals surface area contributed by atoms with Crippen LogP contribution in [0.3, 0.4) is 0 Å². The predicted molar refractivity (Wildman–Crippen MR) is 130 cm³/mol. The van der Waals surface area contributed by atoms with E-state index in [1.807, 2.05) is 50.2 Å². The highest BCUT2D eigenvalue weighted by molar-refractivity contribution is 5.57. The first-order valence-electron chi connectivity index (χ1n) is 11.9. The number of para-hydroxylation sites is 2. The minimum absolute atomic E-state index is 0.201. The molecule has 0 unspecified atom stereocenters. The third kappa shape index (κ3) is 3.85. The van der Waals surface area contributed by atoms with E-state index in [2.05, 4.69) is 39.0 Å². The highest BCUT2D eigenvalue weighted by Crippen LogP contribution is 2.46. The minimum Gasteiger partial charge on any atom is -0.347 e. The molecule has 3 aliphatic rings. The monoisotopic (exact) mass is 476 g/mol. The average molecular weight is 477 g/mol. The van der Waals surface area contributed by atoms with Crippen LogP contribution in [0.1, 0.15) is 20.1 Å². The molecule has 1 aromatic heterocycles. The summed E-state index contributed by atoms with van der Waals surface area (Å²) in [7, 11) is 0. The van der Waals surface area contributed by atoms with Crippen LogP contribution in [-0.4, -0.2) is 52.9 Å². The number of nitrogens with one attached hydrogen (secondary N) is 1. The predicted octanol–water partition coefficient (Wildman–Crippen LogP) is 2.31. The Kier molecular flexibility index (Phi) is 5.28. The van der Waals surface area contributed by atoms with E-state index < -0.39 is 41.6 Å². The first-order valence-corrected chi connectivity index (χ1v) is 11.9. The van der Waals surface area contributed by atoms with Gasteiger partial charge in [0.15, 0.2) is 12.0 Å². The highest BCUT2D eigenvalue weighted by atomic mass is 16.8. The van der Waals surface area contributed by atoms with Gasteiger partial charge in [-0.2, -0.15) is 0 Å². The lowest BCUT2D eigenvalue weighted by Crippen LogP contribution is -2.53. The SMILES string of the molecule is CC1(C)O[C@@H]2[C@@H](O1)[C@H](n1ccc(=O)[nH]c1=O)O[C@@H]2C1N(c2ccccc2)CCN1c1ccccc1. The summed E-state index contributed by atoms with van der Waals surface area (Å²) in [5.74, 6) is -0.838. The van der Waals surface area contributed by atoms with E-state index in [1.165, 1.54) is 16.8 Å². The van der Waals surface area contributed by atoms with Crippen LogP contribution in [0.15, 0.2) is 82.5 Å². The number of rotatable bonds is 4. The van der Waals surface area contributed by atoms with Crippen LogP contribution in [-0.2, 0) is 14.2 Å². The molecule has 2 aromatic carbocycles. The van der Waals surface area contributed by atoms with Crippen molar-refractivity contribution in [3.05, 3.63) is 93.8 Å². The number of H-pyrrole nitrogens is 1. The van der Waals surface area contributed by atoms with Crippen molar-refractivity contribution >= 4 is 11.4 Å². The number of fused-ring (bicyclic) bond motifs is 1. The van der Waals surface area contributed by atoms with Crippen molar-refractivity contribution in [3.63, 3.8) is 0 Å². The van der Waals surface area contributed by atoms with Gasteiger partial charge in [0.05, 0.1) is 0 Å². The Morgan fingerprint density at radius 2 is 1.37 bits per heavy atom. The molecule has 9 nitrogen and oxygen atoms in total. The highest BCUT2D eigenvalue weighted by Gasteiger charge is 2.60. The fourth-order valence-corrected chi connectivity index (χ4v) is 5.50. The zero-order valence-corrected chi connectivity index (χ0v) is 19.6. The Morgan fingerprint density at radius 3 is 1.94 bits per heavy atom. The van der Waals surface area contributed by atoms with E-state index in [0.29, 0.717) is 0 Å². The lowest BCUT2D eigenvalue weighted by molar-refractivity contribution is -0.199. The van der Waals surface area contributed by atoms with Crippen molar-refractivity contribution < 1.29 is 14.2 Å². The molecule has 35 heavy (non-hydrogen) atoms. The van der Waals surface area contributed by atoms with Gasteiger partial charge in [-0.1, -0.05) is 36.4 Å². The zero-order chi connectivity index (χ0) is 24.2. The molecule has 1 N–H and O–H groups in total. The maximum Gasteiger partial charge on any atom is 0.330 e. The summed E-state index contributed by atoms with van der Waals surface area (Å²) < 4.78 is 20.7. The third-order valence-corrected chi connectivity index (χ3v) is 6.88. The number of ether oxygens (including phenoxy) is 3. The summed E-state index contributed by atoms with van der Waals surface area (Å²) >= 11 is 0. The van der Waals surface area contributed by atoms with Gasteiger partial charge in [-0.25, -0.2) is 4.79 Å². The lowest BCUT2D eigenvalue weighted by Gasteiger charge is -2.38. The van der Waals surface area contributed by atoms with Gasteiger partial charge in [0.2, 0.25) is 0 Å². The van der Waals surface area contributed by atoms with Crippen LogP contribution in [0.2, 0.25) is 0 Å². The number of aromatic nitrogens is 2.